The fraction of sp³-hybridized carbons (Fsp3) is 0.375. The highest BCUT2D eigenvalue weighted by Crippen LogP contribution is 2.41. The van der Waals surface area contributed by atoms with Crippen LogP contribution in [-0.4, -0.2) is 52.0 Å². The molecule has 0 spiro atoms. The fourth-order valence-electron chi connectivity index (χ4n) is 4.15. The van der Waals surface area contributed by atoms with E-state index in [9.17, 15) is 13.2 Å². The van der Waals surface area contributed by atoms with E-state index in [4.69, 9.17) is 9.47 Å². The van der Waals surface area contributed by atoms with Gasteiger partial charge in [-0.1, -0.05) is 36.4 Å². The molecule has 2 aliphatic rings. The van der Waals surface area contributed by atoms with E-state index in [1.165, 1.54) is 17.5 Å². The highest BCUT2D eigenvalue weighted by Gasteiger charge is 2.39. The zero-order valence-corrected chi connectivity index (χ0v) is 18.9. The van der Waals surface area contributed by atoms with Crippen molar-refractivity contribution in [2.45, 2.75) is 29.7 Å². The van der Waals surface area contributed by atoms with Crippen molar-refractivity contribution in [1.82, 2.24) is 9.62 Å². The third-order valence-corrected chi connectivity index (χ3v) is 8.02. The number of benzene rings is 2. The molecule has 1 saturated heterocycles. The van der Waals surface area contributed by atoms with Gasteiger partial charge in [0, 0.05) is 19.2 Å². The molecule has 0 radical (unpaired) electrons. The van der Waals surface area contributed by atoms with Crippen molar-refractivity contribution in [3.8, 4) is 5.75 Å². The van der Waals surface area contributed by atoms with Crippen LogP contribution in [0.1, 0.15) is 30.4 Å². The number of nitrogens with zero attached hydrogens (tertiary/aromatic N) is 1. The normalized spacial score (nSPS) is 18.8. The Kier molecular flexibility index (Phi) is 6.64. The third kappa shape index (κ3) is 4.57. The minimum atomic E-state index is -3.73. The minimum Gasteiger partial charge on any atom is -0.495 e. The Morgan fingerprint density at radius 1 is 1.12 bits per heavy atom. The van der Waals surface area contributed by atoms with E-state index in [2.05, 4.69) is 5.32 Å². The summed E-state index contributed by atoms with van der Waals surface area (Å²) in [6.45, 7) is 1.33. The van der Waals surface area contributed by atoms with Crippen molar-refractivity contribution in [2.75, 3.05) is 33.4 Å². The Hall–Kier alpha value is -2.68. The number of amides is 1. The lowest BCUT2D eigenvalue weighted by Gasteiger charge is -2.42. The Balaban J connectivity index is 1.53. The van der Waals surface area contributed by atoms with E-state index in [-0.39, 0.29) is 22.1 Å². The van der Waals surface area contributed by atoms with Crippen molar-refractivity contribution in [1.29, 1.82) is 0 Å². The standard InChI is InChI=1S/C24H28N2O5S/c1-30-21-10-8-19(18-22(21)32(28,29)26-14-16-31-17-15-26)9-11-23(27)25-24(12-5-13-24)20-6-3-2-4-7-20/h2-4,6-11,18H,5,12-17H2,1H3,(H,25,27). The molecule has 1 amide bonds. The Morgan fingerprint density at radius 2 is 1.84 bits per heavy atom. The molecule has 1 N–H and O–H groups in total. The SMILES string of the molecule is COc1ccc(C=CC(=O)NC2(c3ccccc3)CCC2)cc1S(=O)(=O)N1CCOCC1. The van der Waals surface area contributed by atoms with Crippen LogP contribution in [0.5, 0.6) is 5.75 Å². The number of methoxy groups -OCH3 is 1. The van der Waals surface area contributed by atoms with Gasteiger partial charge in [-0.25, -0.2) is 8.42 Å². The summed E-state index contributed by atoms with van der Waals surface area (Å²) in [5.41, 5.74) is 1.39. The van der Waals surface area contributed by atoms with E-state index >= 15 is 0 Å². The molecule has 0 atom stereocenters. The molecule has 1 heterocycles. The molecule has 2 aromatic rings. The molecule has 0 aromatic heterocycles. The number of rotatable bonds is 7. The Morgan fingerprint density at radius 3 is 2.47 bits per heavy atom. The molecular weight excluding hydrogens is 428 g/mol. The Bertz CT molecular complexity index is 1090. The number of nitrogens with one attached hydrogen (secondary N) is 1. The van der Waals surface area contributed by atoms with E-state index in [1.807, 2.05) is 30.3 Å². The molecule has 170 valence electrons. The van der Waals surface area contributed by atoms with Crippen LogP contribution in [0.25, 0.3) is 6.08 Å². The van der Waals surface area contributed by atoms with Gasteiger partial charge in [-0.2, -0.15) is 4.31 Å². The highest BCUT2D eigenvalue weighted by atomic mass is 32.2. The van der Waals surface area contributed by atoms with Gasteiger partial charge in [0.25, 0.3) is 0 Å². The zero-order valence-electron chi connectivity index (χ0n) is 18.1. The van der Waals surface area contributed by atoms with E-state index in [1.54, 1.807) is 24.3 Å². The van der Waals surface area contributed by atoms with Gasteiger partial charge in [0.05, 0.1) is 25.9 Å². The van der Waals surface area contributed by atoms with Gasteiger partial charge >= 0.3 is 0 Å². The predicted molar refractivity (Wildman–Crippen MR) is 122 cm³/mol. The van der Waals surface area contributed by atoms with E-state index in [0.717, 1.165) is 24.8 Å². The molecule has 7 nitrogen and oxygen atoms in total. The molecule has 0 unspecified atom stereocenters. The molecule has 2 fully saturated rings. The summed E-state index contributed by atoms with van der Waals surface area (Å²) in [6.07, 6.45) is 5.96. The second kappa shape index (κ2) is 9.44. The number of carbonyl (C=O) groups excluding carboxylic acids is 1. The summed E-state index contributed by atoms with van der Waals surface area (Å²) in [4.78, 5) is 12.8. The second-order valence-electron chi connectivity index (χ2n) is 8.05. The first-order valence-corrected chi connectivity index (χ1v) is 12.2. The summed E-state index contributed by atoms with van der Waals surface area (Å²) < 4.78 is 38.2. The summed E-state index contributed by atoms with van der Waals surface area (Å²) >= 11 is 0. The lowest BCUT2D eigenvalue weighted by molar-refractivity contribution is -0.119. The first-order valence-electron chi connectivity index (χ1n) is 10.8. The van der Waals surface area contributed by atoms with Crippen molar-refractivity contribution >= 4 is 22.0 Å². The molecule has 0 bridgehead atoms. The number of ether oxygens (including phenoxy) is 2. The molecule has 1 aliphatic carbocycles. The monoisotopic (exact) mass is 456 g/mol. The molecule has 2 aromatic carbocycles. The largest absolute Gasteiger partial charge is 0.495 e. The Labute approximate surface area is 189 Å². The lowest BCUT2D eigenvalue weighted by atomic mass is 9.72. The third-order valence-electron chi connectivity index (χ3n) is 6.10. The van der Waals surface area contributed by atoms with Crippen molar-refractivity contribution in [2.24, 2.45) is 0 Å². The number of morpholine rings is 1. The molecule has 1 saturated carbocycles. The van der Waals surface area contributed by atoms with Crippen molar-refractivity contribution < 1.29 is 22.7 Å². The van der Waals surface area contributed by atoms with Crippen molar-refractivity contribution in [3.63, 3.8) is 0 Å². The summed E-state index contributed by atoms with van der Waals surface area (Å²) in [7, 11) is -2.29. The predicted octanol–water partition coefficient (Wildman–Crippen LogP) is 2.92. The van der Waals surface area contributed by atoms with Crippen LogP contribution in [0.3, 0.4) is 0 Å². The van der Waals surface area contributed by atoms with Crippen LogP contribution in [-0.2, 0) is 25.1 Å². The van der Waals surface area contributed by atoms with Gasteiger partial charge in [0.15, 0.2) is 0 Å². The maximum atomic E-state index is 13.1. The molecule has 8 heteroatoms. The van der Waals surface area contributed by atoms with Gasteiger partial charge in [0.2, 0.25) is 15.9 Å². The van der Waals surface area contributed by atoms with Gasteiger partial charge < -0.3 is 14.8 Å². The van der Waals surface area contributed by atoms with Crippen LogP contribution in [0.4, 0.5) is 0 Å². The van der Waals surface area contributed by atoms with E-state index < -0.39 is 10.0 Å². The van der Waals surface area contributed by atoms with Crippen LogP contribution >= 0.6 is 0 Å². The van der Waals surface area contributed by atoms with E-state index in [0.29, 0.717) is 31.9 Å². The van der Waals surface area contributed by atoms with Gasteiger partial charge in [-0.15, -0.1) is 0 Å². The summed E-state index contributed by atoms with van der Waals surface area (Å²) in [6, 6.07) is 14.9. The maximum absolute atomic E-state index is 13.1. The molecule has 32 heavy (non-hydrogen) atoms. The van der Waals surface area contributed by atoms with Crippen LogP contribution < -0.4 is 10.1 Å². The number of hydrogen-bond acceptors (Lipinski definition) is 5. The molecule has 4 rings (SSSR count). The number of hydrogen-bond donors (Lipinski definition) is 1. The maximum Gasteiger partial charge on any atom is 0.246 e. The van der Waals surface area contributed by atoms with Gasteiger partial charge in [-0.3, -0.25) is 4.79 Å². The average molecular weight is 457 g/mol. The number of carbonyl (C=O) groups is 1. The van der Waals surface area contributed by atoms with Crippen LogP contribution in [0, 0.1) is 0 Å². The lowest BCUT2D eigenvalue weighted by Crippen LogP contribution is -2.50. The first-order chi connectivity index (χ1) is 15.4. The van der Waals surface area contributed by atoms with Crippen LogP contribution in [0.2, 0.25) is 0 Å². The zero-order chi connectivity index (χ0) is 22.6. The number of sulfonamides is 1. The molecule has 1 aliphatic heterocycles. The smallest absolute Gasteiger partial charge is 0.246 e. The first kappa shape index (κ1) is 22.5. The van der Waals surface area contributed by atoms with Gasteiger partial charge in [-0.05, 0) is 48.6 Å². The summed E-state index contributed by atoms with van der Waals surface area (Å²) in [5, 5.41) is 3.14. The van der Waals surface area contributed by atoms with Crippen LogP contribution in [0.15, 0.2) is 59.5 Å². The average Bonchev–Trinajstić information content (AvgIpc) is 2.81. The van der Waals surface area contributed by atoms with Gasteiger partial charge in [0.1, 0.15) is 10.6 Å². The topological polar surface area (TPSA) is 84.9 Å². The summed E-state index contributed by atoms with van der Waals surface area (Å²) in [5.74, 6) is 0.0672. The minimum absolute atomic E-state index is 0.0872. The highest BCUT2D eigenvalue weighted by molar-refractivity contribution is 7.89. The van der Waals surface area contributed by atoms with Crippen molar-refractivity contribution in [3.05, 3.63) is 65.7 Å². The fourth-order valence-corrected chi connectivity index (χ4v) is 5.75. The quantitative estimate of drug-likeness (QED) is 0.648. The second-order valence-corrected chi connectivity index (χ2v) is 9.96. The molecular formula is C24H28N2O5S.